The van der Waals surface area contributed by atoms with Crippen molar-refractivity contribution in [2.75, 3.05) is 24.7 Å². The molecule has 19 nitrogen and oxygen atoms in total. The van der Waals surface area contributed by atoms with Gasteiger partial charge in [-0.25, -0.2) is 24.3 Å². The number of alkyl halides is 1. The molecule has 4 aromatic rings. The monoisotopic (exact) mass is 598 g/mol. The van der Waals surface area contributed by atoms with Crippen LogP contribution in [0, 0.1) is 0 Å². The first-order valence-corrected chi connectivity index (χ1v) is 13.7. The number of nitrogens with zero attached hydrogens (tertiary/aromatic N) is 7. The number of halogens is 1. The molecule has 2 saturated heterocycles. The van der Waals surface area contributed by atoms with Crippen molar-refractivity contribution in [3.63, 3.8) is 0 Å². The van der Waals surface area contributed by atoms with Crippen LogP contribution >= 0.6 is 7.60 Å². The van der Waals surface area contributed by atoms with E-state index in [1.54, 1.807) is 0 Å². The zero-order chi connectivity index (χ0) is 29.2. The standard InChI is InChI=1S/C20H24FN10O9P/c21-8-6(1-32)39-19(31-5-27-10-16(31)28-20(23)29-17(10)35)13(8)41(36,37)38-2-7-11(33)12(34)18(40-7)30-4-26-9-14(22)24-3-25-15(9)30/h3-8,11-13,18-19,32-34H,1-2H2,(H,36,37)(H2,22,24,25)(H3,23,28,29,35)/t6-,7-,8+,11-,12-,13-,18-,19-/m1/s1. The van der Waals surface area contributed by atoms with Crippen LogP contribution in [0.1, 0.15) is 12.5 Å². The molecule has 0 radical (unpaired) electrons. The Hall–Kier alpha value is -3.62. The number of rotatable bonds is 7. The first-order valence-electron chi connectivity index (χ1n) is 12.1. The van der Waals surface area contributed by atoms with E-state index < -0.39 is 75.1 Å². The van der Waals surface area contributed by atoms with Gasteiger partial charge in [0.15, 0.2) is 35.1 Å². The molecule has 21 heteroatoms. The van der Waals surface area contributed by atoms with Crippen LogP contribution in [-0.2, 0) is 18.6 Å². The quantitative estimate of drug-likeness (QED) is 0.109. The number of aromatic amines is 1. The number of H-pyrrole nitrogens is 1. The van der Waals surface area contributed by atoms with Crippen LogP contribution in [0.3, 0.4) is 0 Å². The summed E-state index contributed by atoms with van der Waals surface area (Å²) in [4.78, 5) is 45.2. The van der Waals surface area contributed by atoms with Crippen molar-refractivity contribution in [1.29, 1.82) is 0 Å². The zero-order valence-corrected chi connectivity index (χ0v) is 21.6. The number of fused-ring (bicyclic) bond motifs is 2. The Bertz CT molecular complexity index is 1720. The smallest absolute Gasteiger partial charge is 0.338 e. The van der Waals surface area contributed by atoms with Crippen LogP contribution in [0.2, 0.25) is 0 Å². The molecule has 6 rings (SSSR count). The number of imidazole rings is 2. The molecule has 9 N–H and O–H groups in total. The predicted octanol–water partition coefficient (Wildman–Crippen LogP) is -2.46. The van der Waals surface area contributed by atoms with E-state index in [2.05, 4.69) is 29.9 Å². The lowest BCUT2D eigenvalue weighted by atomic mass is 10.1. The number of hydrogen-bond acceptors (Lipinski definition) is 15. The maximum Gasteiger partial charge on any atom is 0.338 e. The predicted molar refractivity (Wildman–Crippen MR) is 134 cm³/mol. The summed E-state index contributed by atoms with van der Waals surface area (Å²) in [5.74, 6) is -0.218. The fourth-order valence-corrected chi connectivity index (χ4v) is 6.60. The maximum atomic E-state index is 15.4. The molecule has 2 aliphatic rings. The lowest BCUT2D eigenvalue weighted by Gasteiger charge is -2.26. The zero-order valence-electron chi connectivity index (χ0n) is 20.7. The first kappa shape index (κ1) is 27.5. The van der Waals surface area contributed by atoms with E-state index in [0.29, 0.717) is 0 Å². The summed E-state index contributed by atoms with van der Waals surface area (Å²) in [6, 6.07) is 0. The number of hydrogen-bond donors (Lipinski definition) is 7. The molecule has 2 fully saturated rings. The summed E-state index contributed by atoms with van der Waals surface area (Å²) in [5.41, 5.74) is 8.82. The fraction of sp³-hybridized carbons (Fsp3) is 0.500. The van der Waals surface area contributed by atoms with E-state index in [0.717, 1.165) is 10.9 Å². The van der Waals surface area contributed by atoms with Crippen LogP contribution in [0.4, 0.5) is 16.2 Å². The average molecular weight is 598 g/mol. The summed E-state index contributed by atoms with van der Waals surface area (Å²) in [6.45, 7) is -1.61. The summed E-state index contributed by atoms with van der Waals surface area (Å²) in [5, 5.41) is 30.9. The number of anilines is 2. The van der Waals surface area contributed by atoms with Gasteiger partial charge in [-0.15, -0.1) is 0 Å². The minimum Gasteiger partial charge on any atom is -0.394 e. The minimum absolute atomic E-state index is 0.0753. The van der Waals surface area contributed by atoms with Gasteiger partial charge >= 0.3 is 7.60 Å². The summed E-state index contributed by atoms with van der Waals surface area (Å²) < 4.78 is 47.7. The molecule has 0 aliphatic carbocycles. The number of nitrogens with one attached hydrogen (secondary N) is 1. The van der Waals surface area contributed by atoms with Gasteiger partial charge in [-0.05, 0) is 0 Å². The highest BCUT2D eigenvalue weighted by atomic mass is 31.2. The molecule has 0 spiro atoms. The van der Waals surface area contributed by atoms with Crippen LogP contribution in [-0.4, -0.2) is 109 Å². The maximum absolute atomic E-state index is 15.4. The van der Waals surface area contributed by atoms with E-state index in [9.17, 15) is 29.6 Å². The highest BCUT2D eigenvalue weighted by Crippen LogP contribution is 2.58. The van der Waals surface area contributed by atoms with Gasteiger partial charge in [0, 0.05) is 0 Å². The van der Waals surface area contributed by atoms with Crippen molar-refractivity contribution in [2.45, 2.75) is 48.7 Å². The Morgan fingerprint density at radius 1 is 1.02 bits per heavy atom. The van der Waals surface area contributed by atoms with Gasteiger partial charge in [0.25, 0.3) is 5.56 Å². The Kier molecular flexibility index (Phi) is 6.74. The first-order chi connectivity index (χ1) is 19.5. The highest BCUT2D eigenvalue weighted by Gasteiger charge is 2.57. The third-order valence-electron chi connectivity index (χ3n) is 6.99. The number of ether oxygens (including phenoxy) is 2. The third-order valence-corrected chi connectivity index (χ3v) is 8.80. The molecule has 2 aliphatic heterocycles. The molecular weight excluding hydrogens is 574 g/mol. The molecule has 9 atom stereocenters. The number of aliphatic hydroxyl groups excluding tert-OH is 3. The van der Waals surface area contributed by atoms with E-state index >= 15 is 4.39 Å². The van der Waals surface area contributed by atoms with E-state index in [4.69, 9.17) is 25.5 Å². The van der Waals surface area contributed by atoms with Gasteiger partial charge in [0.2, 0.25) is 5.95 Å². The fourth-order valence-electron chi connectivity index (χ4n) is 4.98. The van der Waals surface area contributed by atoms with Gasteiger partial charge in [0.1, 0.15) is 48.1 Å². The van der Waals surface area contributed by atoms with Gasteiger partial charge in [0.05, 0.1) is 25.9 Å². The average Bonchev–Trinajstić information content (AvgIpc) is 3.68. The summed E-state index contributed by atoms with van der Waals surface area (Å²) >= 11 is 0. The largest absolute Gasteiger partial charge is 0.394 e. The van der Waals surface area contributed by atoms with Crippen molar-refractivity contribution in [3.8, 4) is 0 Å². The van der Waals surface area contributed by atoms with Gasteiger partial charge in [-0.2, -0.15) is 4.98 Å². The van der Waals surface area contributed by atoms with Crippen molar-refractivity contribution in [1.82, 2.24) is 39.0 Å². The molecule has 220 valence electrons. The second-order valence-corrected chi connectivity index (χ2v) is 11.4. The normalized spacial score (nSPS) is 31.7. The topological polar surface area (TPSA) is 285 Å². The van der Waals surface area contributed by atoms with Gasteiger partial charge in [-0.3, -0.25) is 23.5 Å². The van der Waals surface area contributed by atoms with Crippen LogP contribution in [0.15, 0.2) is 23.8 Å². The molecular formula is C20H24FN10O9P. The number of aromatic nitrogens is 8. The highest BCUT2D eigenvalue weighted by molar-refractivity contribution is 7.53. The van der Waals surface area contributed by atoms with Crippen molar-refractivity contribution >= 4 is 41.7 Å². The summed E-state index contributed by atoms with van der Waals surface area (Å²) in [7, 11) is -5.00. The lowest BCUT2D eigenvalue weighted by molar-refractivity contribution is -0.0495. The minimum atomic E-state index is -5.00. The molecule has 1 unspecified atom stereocenters. The van der Waals surface area contributed by atoms with E-state index in [1.165, 1.54) is 17.2 Å². The molecule has 6 heterocycles. The van der Waals surface area contributed by atoms with Gasteiger partial charge in [-0.1, -0.05) is 0 Å². The number of nitrogens with two attached hydrogens (primary N) is 2. The Balaban J connectivity index is 1.25. The molecule has 0 bridgehead atoms. The van der Waals surface area contributed by atoms with Crippen molar-refractivity contribution in [2.24, 2.45) is 0 Å². The molecule has 41 heavy (non-hydrogen) atoms. The van der Waals surface area contributed by atoms with Crippen LogP contribution in [0.5, 0.6) is 0 Å². The SMILES string of the molecule is Nc1nc2c(ncn2[C@@H]2O[C@H](CO)[C@H](F)[C@H]2P(=O)(O)OC[C@H]2O[C@@H](n3cnc4c(N)ncnc43)[C@H](O)[C@@H]2O)c(=O)[nH]1. The second-order valence-electron chi connectivity index (χ2n) is 9.45. The third kappa shape index (κ3) is 4.44. The second kappa shape index (κ2) is 10.0. The number of aliphatic hydroxyl groups is 3. The molecule has 4 aromatic heterocycles. The lowest BCUT2D eigenvalue weighted by Crippen LogP contribution is -2.35. The van der Waals surface area contributed by atoms with Crippen molar-refractivity contribution < 1.29 is 43.2 Å². The van der Waals surface area contributed by atoms with E-state index in [-0.39, 0.29) is 34.1 Å². The van der Waals surface area contributed by atoms with Crippen LogP contribution < -0.4 is 17.0 Å². The Morgan fingerprint density at radius 2 is 1.71 bits per heavy atom. The molecule has 0 amide bonds. The number of nitrogen functional groups attached to an aromatic ring is 2. The molecule has 0 aromatic carbocycles. The van der Waals surface area contributed by atoms with E-state index in [1.807, 2.05) is 0 Å². The Morgan fingerprint density at radius 3 is 2.44 bits per heavy atom. The van der Waals surface area contributed by atoms with Gasteiger partial charge < -0.3 is 45.7 Å². The Labute approximate surface area is 227 Å². The summed E-state index contributed by atoms with van der Waals surface area (Å²) in [6.07, 6.45) is -7.60. The van der Waals surface area contributed by atoms with Crippen molar-refractivity contribution in [3.05, 3.63) is 29.3 Å². The molecule has 0 saturated carbocycles. The van der Waals surface area contributed by atoms with Crippen LogP contribution in [0.25, 0.3) is 22.3 Å².